The predicted molar refractivity (Wildman–Crippen MR) is 88.4 cm³/mol. The number of fused-ring (bicyclic) bond motifs is 1. The van der Waals surface area contributed by atoms with Crippen molar-refractivity contribution in [3.63, 3.8) is 0 Å². The quantitative estimate of drug-likeness (QED) is 0.811. The second kappa shape index (κ2) is 5.83. The average molecular weight is 319 g/mol. The minimum Gasteiger partial charge on any atom is -0.466 e. The van der Waals surface area contributed by atoms with Crippen molar-refractivity contribution in [2.75, 3.05) is 24.6 Å². The molecule has 3 heterocycles. The van der Waals surface area contributed by atoms with Crippen LogP contribution in [0, 0.1) is 5.41 Å². The Kier molecular flexibility index (Phi) is 4.04. The Bertz CT molecular complexity index is 700. The number of aryl methyl sites for hydroxylation is 1. The highest BCUT2D eigenvalue weighted by Crippen LogP contribution is 2.37. The fraction of sp³-hybridized carbons (Fsp3) is 0.562. The lowest BCUT2D eigenvalue weighted by atomic mass is 9.90. The molecule has 6 heteroatoms. The number of hydrogen-bond acceptors (Lipinski definition) is 6. The molecule has 1 saturated heterocycles. The van der Waals surface area contributed by atoms with Crippen LogP contribution in [0.2, 0.25) is 0 Å². The second-order valence-electron chi connectivity index (χ2n) is 5.91. The number of nitrogens with zero attached hydrogens (tertiary/aromatic N) is 3. The number of anilines is 1. The van der Waals surface area contributed by atoms with Crippen LogP contribution < -0.4 is 4.90 Å². The molecular weight excluding hydrogens is 298 g/mol. The van der Waals surface area contributed by atoms with E-state index in [9.17, 15) is 4.79 Å². The maximum Gasteiger partial charge on any atom is 0.313 e. The fourth-order valence-electron chi connectivity index (χ4n) is 2.90. The van der Waals surface area contributed by atoms with Gasteiger partial charge in [-0.1, -0.05) is 6.92 Å². The summed E-state index contributed by atoms with van der Waals surface area (Å²) in [6.07, 6.45) is 1.60. The smallest absolute Gasteiger partial charge is 0.313 e. The van der Waals surface area contributed by atoms with E-state index in [1.54, 1.807) is 11.3 Å². The molecule has 1 aliphatic heterocycles. The summed E-state index contributed by atoms with van der Waals surface area (Å²) in [4.78, 5) is 24.7. The highest BCUT2D eigenvalue weighted by molar-refractivity contribution is 7.16. The van der Waals surface area contributed by atoms with Gasteiger partial charge in [0.2, 0.25) is 0 Å². The topological polar surface area (TPSA) is 55.3 Å². The molecule has 0 amide bonds. The molecule has 3 rings (SSSR count). The normalized spacial score (nSPS) is 21.5. The van der Waals surface area contributed by atoms with Crippen molar-refractivity contribution in [3.8, 4) is 0 Å². The van der Waals surface area contributed by atoms with Crippen LogP contribution in [0.25, 0.3) is 10.2 Å². The molecule has 0 spiro atoms. The summed E-state index contributed by atoms with van der Waals surface area (Å²) in [5, 5.41) is 3.12. The Labute approximate surface area is 134 Å². The van der Waals surface area contributed by atoms with Gasteiger partial charge in [-0.2, -0.15) is 0 Å². The van der Waals surface area contributed by atoms with Crippen molar-refractivity contribution >= 4 is 33.3 Å². The molecule has 2 aromatic rings. The second-order valence-corrected chi connectivity index (χ2v) is 6.80. The van der Waals surface area contributed by atoms with Crippen LogP contribution >= 0.6 is 11.3 Å². The number of hydrogen-bond donors (Lipinski definition) is 0. The molecule has 118 valence electrons. The summed E-state index contributed by atoms with van der Waals surface area (Å²) in [5.41, 5.74) is -0.449. The number of aromatic nitrogens is 2. The van der Waals surface area contributed by atoms with Crippen LogP contribution in [0.4, 0.5) is 5.82 Å². The Morgan fingerprint density at radius 3 is 3.00 bits per heavy atom. The highest BCUT2D eigenvalue weighted by Gasteiger charge is 2.42. The van der Waals surface area contributed by atoms with Gasteiger partial charge in [-0.15, -0.1) is 11.3 Å². The van der Waals surface area contributed by atoms with E-state index in [0.29, 0.717) is 13.2 Å². The molecule has 22 heavy (non-hydrogen) atoms. The van der Waals surface area contributed by atoms with Gasteiger partial charge in [0.05, 0.1) is 17.4 Å². The third-order valence-electron chi connectivity index (χ3n) is 4.21. The largest absolute Gasteiger partial charge is 0.466 e. The van der Waals surface area contributed by atoms with E-state index < -0.39 is 5.41 Å². The molecule has 0 N–H and O–H groups in total. The van der Waals surface area contributed by atoms with Crippen molar-refractivity contribution in [1.82, 2.24) is 9.97 Å². The van der Waals surface area contributed by atoms with Crippen molar-refractivity contribution in [3.05, 3.63) is 17.3 Å². The lowest BCUT2D eigenvalue weighted by Gasteiger charge is -2.23. The molecule has 1 unspecified atom stereocenters. The van der Waals surface area contributed by atoms with Crippen molar-refractivity contribution in [2.24, 2.45) is 5.41 Å². The zero-order chi connectivity index (χ0) is 15.7. The van der Waals surface area contributed by atoms with Gasteiger partial charge in [0, 0.05) is 19.5 Å². The third kappa shape index (κ3) is 2.56. The minimum atomic E-state index is -0.449. The lowest BCUT2D eigenvalue weighted by Crippen LogP contribution is -2.34. The molecule has 0 aliphatic carbocycles. The molecule has 5 nitrogen and oxygen atoms in total. The minimum absolute atomic E-state index is 0.108. The van der Waals surface area contributed by atoms with Crippen molar-refractivity contribution in [1.29, 1.82) is 0 Å². The van der Waals surface area contributed by atoms with Gasteiger partial charge < -0.3 is 9.64 Å². The van der Waals surface area contributed by atoms with E-state index in [-0.39, 0.29) is 5.97 Å². The first-order valence-electron chi connectivity index (χ1n) is 7.73. The molecule has 1 atom stereocenters. The number of thiophene rings is 1. The summed E-state index contributed by atoms with van der Waals surface area (Å²) in [7, 11) is 0. The number of carbonyl (C=O) groups excluding carboxylic acids is 1. The average Bonchev–Trinajstić information content (AvgIpc) is 3.13. The number of esters is 1. The van der Waals surface area contributed by atoms with Gasteiger partial charge in [-0.3, -0.25) is 4.79 Å². The van der Waals surface area contributed by atoms with E-state index in [4.69, 9.17) is 9.72 Å². The van der Waals surface area contributed by atoms with Crippen LogP contribution in [0.1, 0.15) is 33.0 Å². The molecule has 0 radical (unpaired) electrons. The maximum atomic E-state index is 12.2. The van der Waals surface area contributed by atoms with Gasteiger partial charge in [-0.25, -0.2) is 9.97 Å². The standard InChI is InChI=1S/C16H21N3O2S/c1-4-12-17-13(11-6-9-22-14(11)18-12)19-8-7-16(3,10-19)15(20)21-5-2/h6,9H,4-5,7-8,10H2,1-3H3. The van der Waals surface area contributed by atoms with Crippen LogP contribution in [-0.4, -0.2) is 35.6 Å². The van der Waals surface area contributed by atoms with Gasteiger partial charge in [-0.05, 0) is 31.7 Å². The zero-order valence-electron chi connectivity index (χ0n) is 13.3. The predicted octanol–water partition coefficient (Wildman–Crippen LogP) is 3.03. The first-order valence-corrected chi connectivity index (χ1v) is 8.61. The van der Waals surface area contributed by atoms with Crippen LogP contribution in [0.15, 0.2) is 11.4 Å². The third-order valence-corrected chi connectivity index (χ3v) is 5.02. The van der Waals surface area contributed by atoms with E-state index >= 15 is 0 Å². The SMILES string of the molecule is CCOC(=O)C1(C)CCN(c2nc(CC)nc3sccc23)C1. The highest BCUT2D eigenvalue weighted by atomic mass is 32.1. The van der Waals surface area contributed by atoms with Crippen molar-refractivity contribution in [2.45, 2.75) is 33.6 Å². The number of rotatable bonds is 4. The number of ether oxygens (including phenoxy) is 1. The van der Waals surface area contributed by atoms with Gasteiger partial charge in [0.15, 0.2) is 0 Å². The molecular formula is C16H21N3O2S. The Morgan fingerprint density at radius 2 is 2.27 bits per heavy atom. The first kappa shape index (κ1) is 15.2. The van der Waals surface area contributed by atoms with E-state index in [2.05, 4.69) is 22.9 Å². The first-order chi connectivity index (χ1) is 10.6. The van der Waals surface area contributed by atoms with Crippen LogP contribution in [0.3, 0.4) is 0 Å². The Morgan fingerprint density at radius 1 is 1.45 bits per heavy atom. The Hall–Kier alpha value is -1.69. The summed E-state index contributed by atoms with van der Waals surface area (Å²) in [6, 6.07) is 2.06. The molecule has 0 saturated carbocycles. The molecule has 0 aromatic carbocycles. The summed E-state index contributed by atoms with van der Waals surface area (Å²) in [6.45, 7) is 7.79. The van der Waals surface area contributed by atoms with Gasteiger partial charge in [0.1, 0.15) is 16.5 Å². The monoisotopic (exact) mass is 319 g/mol. The molecule has 1 fully saturated rings. The molecule has 0 bridgehead atoms. The van der Waals surface area contributed by atoms with Gasteiger partial charge >= 0.3 is 5.97 Å². The molecule has 1 aliphatic rings. The molecule has 2 aromatic heterocycles. The lowest BCUT2D eigenvalue weighted by molar-refractivity contribution is -0.153. The summed E-state index contributed by atoms with van der Waals surface area (Å²) in [5.74, 6) is 1.70. The van der Waals surface area contributed by atoms with E-state index in [1.165, 1.54) is 0 Å². The van der Waals surface area contributed by atoms with Crippen LogP contribution in [0.5, 0.6) is 0 Å². The maximum absolute atomic E-state index is 12.2. The van der Waals surface area contributed by atoms with E-state index in [0.717, 1.165) is 41.2 Å². The Balaban J connectivity index is 1.93. The number of carbonyl (C=O) groups is 1. The summed E-state index contributed by atoms with van der Waals surface area (Å²) < 4.78 is 5.23. The fourth-order valence-corrected chi connectivity index (χ4v) is 3.67. The van der Waals surface area contributed by atoms with Gasteiger partial charge in [0.25, 0.3) is 0 Å². The van der Waals surface area contributed by atoms with E-state index in [1.807, 2.05) is 19.2 Å². The van der Waals surface area contributed by atoms with Crippen LogP contribution in [-0.2, 0) is 16.0 Å². The van der Waals surface area contributed by atoms with Crippen molar-refractivity contribution < 1.29 is 9.53 Å². The summed E-state index contributed by atoms with van der Waals surface area (Å²) >= 11 is 1.63. The zero-order valence-corrected chi connectivity index (χ0v) is 14.1.